The van der Waals surface area contributed by atoms with Crippen LogP contribution < -0.4 is 9.64 Å². The van der Waals surface area contributed by atoms with Gasteiger partial charge >= 0.3 is 0 Å². The van der Waals surface area contributed by atoms with Crippen molar-refractivity contribution in [3.8, 4) is 11.5 Å². The number of aromatic amines is 1. The predicted molar refractivity (Wildman–Crippen MR) is 98.3 cm³/mol. The first-order valence-electron chi connectivity index (χ1n) is 8.32. The second-order valence-electron chi connectivity index (χ2n) is 5.80. The van der Waals surface area contributed by atoms with Crippen LogP contribution in [0.4, 0.5) is 5.69 Å². The summed E-state index contributed by atoms with van der Waals surface area (Å²) in [6.07, 6.45) is 1.89. The van der Waals surface area contributed by atoms with Crippen LogP contribution in [0.5, 0.6) is 11.5 Å². The zero-order valence-electron chi connectivity index (χ0n) is 14.4. The fourth-order valence-electron chi connectivity index (χ4n) is 2.52. The van der Waals surface area contributed by atoms with Crippen molar-refractivity contribution in [1.82, 2.24) is 10.2 Å². The Kier molecular flexibility index (Phi) is 5.14. The largest absolute Gasteiger partial charge is 0.457 e. The molecule has 1 aromatic heterocycles. The number of nitrogens with one attached hydrogen (secondary N) is 1. The Labute approximate surface area is 147 Å². The molecule has 0 saturated heterocycles. The first kappa shape index (κ1) is 16.8. The van der Waals surface area contributed by atoms with E-state index in [9.17, 15) is 4.79 Å². The Morgan fingerprint density at radius 1 is 1.08 bits per heavy atom. The van der Waals surface area contributed by atoms with Crippen LogP contribution in [-0.2, 0) is 6.42 Å². The van der Waals surface area contributed by atoms with Gasteiger partial charge in [0.25, 0.3) is 5.91 Å². The Balaban J connectivity index is 1.69. The summed E-state index contributed by atoms with van der Waals surface area (Å²) in [6.45, 7) is 2.09. The molecule has 0 aliphatic rings. The lowest BCUT2D eigenvalue weighted by molar-refractivity contribution is 0.0988. The number of aryl methyl sites for hydroxylation is 1. The topological polar surface area (TPSA) is 58.2 Å². The van der Waals surface area contributed by atoms with Crippen LogP contribution in [-0.4, -0.2) is 23.2 Å². The molecule has 0 atom stereocenters. The van der Waals surface area contributed by atoms with Crippen LogP contribution in [0.3, 0.4) is 0 Å². The van der Waals surface area contributed by atoms with Crippen LogP contribution >= 0.6 is 0 Å². The predicted octanol–water partition coefficient (Wildman–Crippen LogP) is 4.43. The van der Waals surface area contributed by atoms with Crippen molar-refractivity contribution in [3.05, 3.63) is 72.1 Å². The van der Waals surface area contributed by atoms with Gasteiger partial charge in [-0.3, -0.25) is 9.89 Å². The maximum absolute atomic E-state index is 12.6. The molecule has 3 rings (SSSR count). The highest BCUT2D eigenvalue weighted by Crippen LogP contribution is 2.24. The second kappa shape index (κ2) is 7.66. The molecule has 1 N–H and O–H groups in total. The molecule has 5 nitrogen and oxygen atoms in total. The van der Waals surface area contributed by atoms with Crippen LogP contribution in [0.25, 0.3) is 0 Å². The molecular formula is C20H21N3O2. The fourth-order valence-corrected chi connectivity index (χ4v) is 2.52. The number of rotatable bonds is 6. The number of hydrogen-bond donors (Lipinski definition) is 1. The molecule has 5 heteroatoms. The van der Waals surface area contributed by atoms with Crippen LogP contribution in [0.2, 0.25) is 0 Å². The summed E-state index contributed by atoms with van der Waals surface area (Å²) in [7, 11) is 1.74. The second-order valence-corrected chi connectivity index (χ2v) is 5.80. The summed E-state index contributed by atoms with van der Waals surface area (Å²) in [4.78, 5) is 14.1. The molecule has 0 radical (unpaired) electrons. The number of aromatic nitrogens is 2. The first-order chi connectivity index (χ1) is 12.2. The van der Waals surface area contributed by atoms with Gasteiger partial charge in [-0.1, -0.05) is 31.5 Å². The standard InChI is InChI=1S/C20H21N3O2/c1-3-7-15-14-19(22-21-15)20(24)23(2)16-10-12-18(13-11-16)25-17-8-5-4-6-9-17/h4-6,8-14H,3,7H2,1-2H3,(H,21,22). The monoisotopic (exact) mass is 335 g/mol. The minimum atomic E-state index is -0.143. The molecule has 2 aromatic carbocycles. The lowest BCUT2D eigenvalue weighted by Gasteiger charge is -2.16. The van der Waals surface area contributed by atoms with Gasteiger partial charge in [-0.05, 0) is 48.9 Å². The lowest BCUT2D eigenvalue weighted by Crippen LogP contribution is -2.26. The first-order valence-corrected chi connectivity index (χ1v) is 8.32. The van der Waals surface area contributed by atoms with Gasteiger partial charge in [0.1, 0.15) is 11.5 Å². The Bertz CT molecular complexity index is 826. The third-order valence-electron chi connectivity index (χ3n) is 3.88. The average molecular weight is 335 g/mol. The van der Waals surface area contributed by atoms with Gasteiger partial charge in [-0.15, -0.1) is 0 Å². The van der Waals surface area contributed by atoms with Gasteiger partial charge in [0, 0.05) is 18.4 Å². The van der Waals surface area contributed by atoms with Gasteiger partial charge in [-0.2, -0.15) is 5.10 Å². The lowest BCUT2D eigenvalue weighted by atomic mass is 10.2. The number of anilines is 1. The number of H-pyrrole nitrogens is 1. The maximum atomic E-state index is 12.6. The van der Waals surface area contributed by atoms with Crippen molar-refractivity contribution in [2.75, 3.05) is 11.9 Å². The molecule has 1 heterocycles. The quantitative estimate of drug-likeness (QED) is 0.725. The Morgan fingerprint density at radius 3 is 2.44 bits per heavy atom. The Hall–Kier alpha value is -3.08. The minimum absolute atomic E-state index is 0.143. The summed E-state index contributed by atoms with van der Waals surface area (Å²) in [5, 5.41) is 7.03. The van der Waals surface area contributed by atoms with Crippen molar-refractivity contribution in [1.29, 1.82) is 0 Å². The number of para-hydroxylation sites is 1. The summed E-state index contributed by atoms with van der Waals surface area (Å²) in [5.41, 5.74) is 2.19. The van der Waals surface area contributed by atoms with E-state index in [2.05, 4.69) is 17.1 Å². The SMILES string of the molecule is CCCc1cc(C(=O)N(C)c2ccc(Oc3ccccc3)cc2)n[nH]1. The van der Waals surface area contributed by atoms with E-state index < -0.39 is 0 Å². The van der Waals surface area contributed by atoms with Crippen molar-refractivity contribution >= 4 is 11.6 Å². The molecule has 0 unspecified atom stereocenters. The smallest absolute Gasteiger partial charge is 0.278 e. The van der Waals surface area contributed by atoms with E-state index in [1.807, 2.05) is 60.7 Å². The summed E-state index contributed by atoms with van der Waals surface area (Å²) in [6, 6.07) is 18.8. The van der Waals surface area contributed by atoms with Crippen LogP contribution in [0.15, 0.2) is 60.7 Å². The van der Waals surface area contributed by atoms with Gasteiger partial charge < -0.3 is 9.64 Å². The van der Waals surface area contributed by atoms with E-state index in [-0.39, 0.29) is 5.91 Å². The van der Waals surface area contributed by atoms with E-state index in [0.717, 1.165) is 35.7 Å². The van der Waals surface area contributed by atoms with E-state index in [4.69, 9.17) is 4.74 Å². The zero-order valence-corrected chi connectivity index (χ0v) is 14.4. The van der Waals surface area contributed by atoms with Crippen molar-refractivity contribution in [2.45, 2.75) is 19.8 Å². The van der Waals surface area contributed by atoms with E-state index >= 15 is 0 Å². The third-order valence-corrected chi connectivity index (χ3v) is 3.88. The van der Waals surface area contributed by atoms with Gasteiger partial charge in [0.15, 0.2) is 5.69 Å². The van der Waals surface area contributed by atoms with Gasteiger partial charge in [-0.25, -0.2) is 0 Å². The Morgan fingerprint density at radius 2 is 1.76 bits per heavy atom. The van der Waals surface area contributed by atoms with Crippen LogP contribution in [0, 0.1) is 0 Å². The van der Waals surface area contributed by atoms with Gasteiger partial charge in [0.05, 0.1) is 0 Å². The normalized spacial score (nSPS) is 10.5. The van der Waals surface area contributed by atoms with Crippen molar-refractivity contribution < 1.29 is 9.53 Å². The molecule has 0 spiro atoms. The van der Waals surface area contributed by atoms with Gasteiger partial charge in [0.2, 0.25) is 0 Å². The maximum Gasteiger partial charge on any atom is 0.278 e. The number of benzene rings is 2. The fraction of sp³-hybridized carbons (Fsp3) is 0.200. The zero-order chi connectivity index (χ0) is 17.6. The molecule has 0 saturated carbocycles. The molecule has 3 aromatic rings. The number of ether oxygens (including phenoxy) is 1. The number of amides is 1. The minimum Gasteiger partial charge on any atom is -0.457 e. The molecular weight excluding hydrogens is 314 g/mol. The highest BCUT2D eigenvalue weighted by Gasteiger charge is 2.16. The third kappa shape index (κ3) is 4.07. The molecule has 0 aliphatic heterocycles. The van der Waals surface area contributed by atoms with Crippen molar-refractivity contribution in [2.24, 2.45) is 0 Å². The molecule has 0 bridgehead atoms. The number of carbonyl (C=O) groups excluding carboxylic acids is 1. The molecule has 0 aliphatic carbocycles. The number of hydrogen-bond acceptors (Lipinski definition) is 3. The summed E-state index contributed by atoms with van der Waals surface area (Å²) < 4.78 is 5.77. The average Bonchev–Trinajstić information content (AvgIpc) is 3.11. The molecule has 25 heavy (non-hydrogen) atoms. The number of carbonyl (C=O) groups is 1. The van der Waals surface area contributed by atoms with Crippen LogP contribution in [0.1, 0.15) is 29.5 Å². The summed E-state index contributed by atoms with van der Waals surface area (Å²) in [5.74, 6) is 1.36. The van der Waals surface area contributed by atoms with E-state index in [1.165, 1.54) is 0 Å². The van der Waals surface area contributed by atoms with E-state index in [0.29, 0.717) is 5.69 Å². The van der Waals surface area contributed by atoms with E-state index in [1.54, 1.807) is 11.9 Å². The molecule has 1 amide bonds. The highest BCUT2D eigenvalue weighted by molar-refractivity contribution is 6.04. The summed E-state index contributed by atoms with van der Waals surface area (Å²) >= 11 is 0. The highest BCUT2D eigenvalue weighted by atomic mass is 16.5. The molecule has 128 valence electrons. The molecule has 0 fully saturated rings. The number of nitrogens with zero attached hydrogens (tertiary/aromatic N) is 2. The van der Waals surface area contributed by atoms with Crippen molar-refractivity contribution in [3.63, 3.8) is 0 Å².